The minimum Gasteiger partial charge on any atom is -0.423 e. The van der Waals surface area contributed by atoms with Gasteiger partial charge in [0, 0.05) is 23.2 Å². The van der Waals surface area contributed by atoms with Gasteiger partial charge in [-0.15, -0.1) is 0 Å². The molecule has 1 aromatic heterocycles. The Balaban J connectivity index is 1.67. The fraction of sp³-hybridized carbons (Fsp3) is 0.200. The van der Waals surface area contributed by atoms with Crippen LogP contribution in [0, 0.1) is 6.92 Å². The van der Waals surface area contributed by atoms with Gasteiger partial charge in [-0.2, -0.15) is 0 Å². The Morgan fingerprint density at radius 1 is 1.16 bits per heavy atom. The maximum Gasteiger partial charge on any atom is 0.336 e. The molecule has 3 rings (SSSR count). The van der Waals surface area contributed by atoms with Gasteiger partial charge in [0.2, 0.25) is 5.91 Å². The molecular weight excluding hydrogens is 316 g/mol. The van der Waals surface area contributed by atoms with E-state index in [0.29, 0.717) is 17.7 Å². The zero-order chi connectivity index (χ0) is 17.8. The highest BCUT2D eigenvalue weighted by Crippen LogP contribution is 2.21. The van der Waals surface area contributed by atoms with Crippen molar-refractivity contribution in [3.8, 4) is 0 Å². The lowest BCUT2D eigenvalue weighted by Crippen LogP contribution is -2.36. The lowest BCUT2D eigenvalue weighted by Gasteiger charge is -2.13. The van der Waals surface area contributed by atoms with Crippen LogP contribution in [0.5, 0.6) is 0 Å². The van der Waals surface area contributed by atoms with Gasteiger partial charge in [0.05, 0.1) is 6.04 Å². The molecule has 5 heteroatoms. The molecule has 0 radical (unpaired) electrons. The summed E-state index contributed by atoms with van der Waals surface area (Å²) in [7, 11) is 0. The summed E-state index contributed by atoms with van der Waals surface area (Å²) >= 11 is 0. The van der Waals surface area contributed by atoms with E-state index in [9.17, 15) is 9.59 Å². The van der Waals surface area contributed by atoms with Crippen LogP contribution in [-0.2, 0) is 11.2 Å². The molecule has 128 valence electrons. The molecule has 2 aromatic carbocycles. The molecule has 25 heavy (non-hydrogen) atoms. The summed E-state index contributed by atoms with van der Waals surface area (Å²) in [5.41, 5.74) is 8.56. The van der Waals surface area contributed by atoms with Gasteiger partial charge in [-0.3, -0.25) is 4.79 Å². The van der Waals surface area contributed by atoms with Gasteiger partial charge in [-0.1, -0.05) is 30.3 Å². The molecule has 0 aliphatic heterocycles. The number of hydrogen-bond donors (Lipinski definition) is 2. The van der Waals surface area contributed by atoms with Crippen LogP contribution in [0.2, 0.25) is 0 Å². The molecular formula is C20H20N2O3. The first-order chi connectivity index (χ1) is 12.0. The Morgan fingerprint density at radius 3 is 2.68 bits per heavy atom. The molecule has 0 aliphatic rings. The van der Waals surface area contributed by atoms with Crippen molar-refractivity contribution in [1.82, 2.24) is 0 Å². The van der Waals surface area contributed by atoms with Crippen LogP contribution in [0.1, 0.15) is 17.5 Å². The van der Waals surface area contributed by atoms with Gasteiger partial charge < -0.3 is 15.5 Å². The Bertz CT molecular complexity index is 948. The first kappa shape index (κ1) is 16.9. The van der Waals surface area contributed by atoms with E-state index in [2.05, 4.69) is 5.32 Å². The zero-order valence-electron chi connectivity index (χ0n) is 14.0. The Hall–Kier alpha value is -2.92. The minimum absolute atomic E-state index is 0.259. The third kappa shape index (κ3) is 4.14. The number of amides is 1. The number of anilines is 1. The Labute approximate surface area is 145 Å². The minimum atomic E-state index is -0.611. The fourth-order valence-electron chi connectivity index (χ4n) is 2.74. The molecule has 0 saturated carbocycles. The van der Waals surface area contributed by atoms with Crippen molar-refractivity contribution in [3.63, 3.8) is 0 Å². The van der Waals surface area contributed by atoms with Crippen molar-refractivity contribution in [2.75, 3.05) is 5.32 Å². The SMILES string of the molecule is Cc1cc(=O)oc2cc(NC(=O)[C@@H](N)CCc3ccccc3)ccc12. The molecule has 1 amide bonds. The summed E-state index contributed by atoms with van der Waals surface area (Å²) in [6.07, 6.45) is 1.29. The average molecular weight is 336 g/mol. The highest BCUT2D eigenvalue weighted by atomic mass is 16.4. The number of nitrogens with one attached hydrogen (secondary N) is 1. The van der Waals surface area contributed by atoms with E-state index in [4.69, 9.17) is 10.2 Å². The molecule has 0 spiro atoms. The van der Waals surface area contributed by atoms with Crippen LogP contribution in [0.3, 0.4) is 0 Å². The summed E-state index contributed by atoms with van der Waals surface area (Å²) in [4.78, 5) is 23.8. The third-order valence-corrected chi connectivity index (χ3v) is 4.14. The van der Waals surface area contributed by atoms with E-state index in [1.54, 1.807) is 12.1 Å². The largest absolute Gasteiger partial charge is 0.423 e. The first-order valence-corrected chi connectivity index (χ1v) is 8.18. The second-order valence-electron chi connectivity index (χ2n) is 6.08. The summed E-state index contributed by atoms with van der Waals surface area (Å²) in [6.45, 7) is 1.84. The number of fused-ring (bicyclic) bond motifs is 1. The Morgan fingerprint density at radius 2 is 1.92 bits per heavy atom. The van der Waals surface area contributed by atoms with E-state index in [1.165, 1.54) is 6.07 Å². The van der Waals surface area contributed by atoms with Crippen LogP contribution in [-0.4, -0.2) is 11.9 Å². The summed E-state index contributed by atoms with van der Waals surface area (Å²) in [5.74, 6) is -0.259. The van der Waals surface area contributed by atoms with E-state index < -0.39 is 11.7 Å². The monoisotopic (exact) mass is 336 g/mol. The molecule has 0 saturated heterocycles. The maximum atomic E-state index is 12.3. The molecule has 1 atom stereocenters. The molecule has 0 bridgehead atoms. The van der Waals surface area contributed by atoms with Crippen molar-refractivity contribution in [2.24, 2.45) is 5.73 Å². The normalized spacial score (nSPS) is 12.1. The van der Waals surface area contributed by atoms with Gasteiger partial charge in [-0.25, -0.2) is 4.79 Å². The summed E-state index contributed by atoms with van der Waals surface area (Å²) in [6, 6.07) is 16.0. The van der Waals surface area contributed by atoms with E-state index >= 15 is 0 Å². The Kier molecular flexibility index (Phi) is 4.95. The van der Waals surface area contributed by atoms with Crippen molar-refractivity contribution >= 4 is 22.6 Å². The molecule has 3 N–H and O–H groups in total. The van der Waals surface area contributed by atoms with Crippen LogP contribution >= 0.6 is 0 Å². The van der Waals surface area contributed by atoms with E-state index in [1.807, 2.05) is 43.3 Å². The standard InChI is InChI=1S/C20H20N2O3/c1-13-11-19(23)25-18-12-15(8-9-16(13)18)22-20(24)17(21)10-7-14-5-3-2-4-6-14/h2-6,8-9,11-12,17H,7,10,21H2,1H3,(H,22,24)/t17-/m0/s1. The zero-order valence-corrected chi connectivity index (χ0v) is 14.0. The lowest BCUT2D eigenvalue weighted by atomic mass is 10.1. The number of rotatable bonds is 5. The molecule has 0 fully saturated rings. The van der Waals surface area contributed by atoms with Crippen LogP contribution < -0.4 is 16.7 Å². The van der Waals surface area contributed by atoms with Crippen LogP contribution in [0.15, 0.2) is 63.8 Å². The highest BCUT2D eigenvalue weighted by Gasteiger charge is 2.14. The number of carbonyl (C=O) groups excluding carboxylic acids is 1. The predicted octanol–water partition coefficient (Wildman–Crippen LogP) is 3.00. The fourth-order valence-corrected chi connectivity index (χ4v) is 2.74. The number of aryl methyl sites for hydroxylation is 2. The molecule has 5 nitrogen and oxygen atoms in total. The van der Waals surface area contributed by atoms with E-state index in [-0.39, 0.29) is 5.91 Å². The average Bonchev–Trinajstić information content (AvgIpc) is 2.60. The number of hydrogen-bond acceptors (Lipinski definition) is 4. The van der Waals surface area contributed by atoms with Gasteiger partial charge in [0.1, 0.15) is 5.58 Å². The smallest absolute Gasteiger partial charge is 0.336 e. The topological polar surface area (TPSA) is 85.3 Å². The highest BCUT2D eigenvalue weighted by molar-refractivity contribution is 5.96. The van der Waals surface area contributed by atoms with Gasteiger partial charge in [0.15, 0.2) is 0 Å². The molecule has 0 unspecified atom stereocenters. The quantitative estimate of drug-likeness (QED) is 0.701. The van der Waals surface area contributed by atoms with Crippen molar-refractivity contribution in [2.45, 2.75) is 25.8 Å². The second-order valence-corrected chi connectivity index (χ2v) is 6.08. The predicted molar refractivity (Wildman–Crippen MR) is 98.6 cm³/mol. The van der Waals surface area contributed by atoms with E-state index in [0.717, 1.165) is 22.9 Å². The van der Waals surface area contributed by atoms with Gasteiger partial charge >= 0.3 is 5.63 Å². The number of carbonyl (C=O) groups is 1. The maximum absolute atomic E-state index is 12.3. The lowest BCUT2D eigenvalue weighted by molar-refractivity contribution is -0.117. The first-order valence-electron chi connectivity index (χ1n) is 8.18. The second kappa shape index (κ2) is 7.32. The molecule has 3 aromatic rings. The summed E-state index contributed by atoms with van der Waals surface area (Å²) in [5, 5.41) is 3.62. The van der Waals surface area contributed by atoms with Crippen molar-refractivity contribution < 1.29 is 9.21 Å². The van der Waals surface area contributed by atoms with Crippen molar-refractivity contribution in [3.05, 3.63) is 76.1 Å². The summed E-state index contributed by atoms with van der Waals surface area (Å²) < 4.78 is 5.19. The third-order valence-electron chi connectivity index (χ3n) is 4.14. The van der Waals surface area contributed by atoms with Crippen LogP contribution in [0.4, 0.5) is 5.69 Å². The molecule has 0 aliphatic carbocycles. The number of nitrogens with two attached hydrogens (primary N) is 1. The van der Waals surface area contributed by atoms with Crippen molar-refractivity contribution in [1.29, 1.82) is 0 Å². The number of benzene rings is 2. The van der Waals surface area contributed by atoms with Gasteiger partial charge in [-0.05, 0) is 43.0 Å². The molecule has 1 heterocycles. The van der Waals surface area contributed by atoms with Crippen LogP contribution in [0.25, 0.3) is 11.0 Å². The van der Waals surface area contributed by atoms with Gasteiger partial charge in [0.25, 0.3) is 0 Å².